The summed E-state index contributed by atoms with van der Waals surface area (Å²) in [5.41, 5.74) is 2.86. The molecule has 0 heterocycles. The quantitative estimate of drug-likeness (QED) is 0.641. The molecule has 0 spiro atoms. The molecule has 1 radical (unpaired) electrons. The van der Waals surface area contributed by atoms with E-state index < -0.39 is 8.80 Å². The zero-order valence-corrected chi connectivity index (χ0v) is 14.2. The number of allylic oxidation sites excluding steroid dienone is 1. The maximum absolute atomic E-state index is 2.44. The zero-order chi connectivity index (χ0) is 15.6. The van der Waals surface area contributed by atoms with E-state index in [-0.39, 0.29) is 0 Å². The van der Waals surface area contributed by atoms with E-state index in [1.807, 2.05) is 0 Å². The molecule has 0 nitrogen and oxygen atoms in total. The van der Waals surface area contributed by atoms with Gasteiger partial charge < -0.3 is 0 Å². The van der Waals surface area contributed by atoms with Crippen LogP contribution in [0.4, 0.5) is 0 Å². The van der Waals surface area contributed by atoms with Crippen LogP contribution < -0.4 is 10.4 Å². The van der Waals surface area contributed by atoms with Crippen molar-refractivity contribution in [3.63, 3.8) is 0 Å². The van der Waals surface area contributed by atoms with Crippen molar-refractivity contribution >= 4 is 25.2 Å². The van der Waals surface area contributed by atoms with Gasteiger partial charge in [0.2, 0.25) is 0 Å². The van der Waals surface area contributed by atoms with E-state index in [0.717, 1.165) is 0 Å². The molecule has 1 atom stereocenters. The first kappa shape index (κ1) is 14.2. The smallest absolute Gasteiger partial charge is 0.0649 e. The Morgan fingerprint density at radius 3 is 1.74 bits per heavy atom. The fraction of sp³-hybridized carbons (Fsp3) is 0.0909. The van der Waals surface area contributed by atoms with Gasteiger partial charge in [-0.15, -0.1) is 0 Å². The average Bonchev–Trinajstić information content (AvgIpc) is 2.94. The van der Waals surface area contributed by atoms with Crippen molar-refractivity contribution in [2.45, 2.75) is 12.8 Å². The first-order valence-corrected chi connectivity index (χ1v) is 9.63. The number of rotatable bonds is 3. The normalized spacial score (nSPS) is 16.3. The van der Waals surface area contributed by atoms with Gasteiger partial charge in [0.25, 0.3) is 0 Å². The highest BCUT2D eigenvalue weighted by molar-refractivity contribution is 6.91. The second-order valence-electron chi connectivity index (χ2n) is 6.06. The molecule has 0 aliphatic heterocycles. The van der Waals surface area contributed by atoms with Crippen molar-refractivity contribution in [2.24, 2.45) is 0 Å². The second kappa shape index (κ2) is 6.02. The van der Waals surface area contributed by atoms with Crippen LogP contribution >= 0.6 is 0 Å². The number of hydrogen-bond donors (Lipinski definition) is 0. The Bertz CT molecular complexity index is 795. The number of benzene rings is 3. The van der Waals surface area contributed by atoms with E-state index in [4.69, 9.17) is 0 Å². The summed E-state index contributed by atoms with van der Waals surface area (Å²) in [7, 11) is -0.931. The summed E-state index contributed by atoms with van der Waals surface area (Å²) in [6, 6.07) is 30.8. The lowest BCUT2D eigenvalue weighted by molar-refractivity contribution is 0.967. The molecule has 23 heavy (non-hydrogen) atoms. The number of hydrogen-bond acceptors (Lipinski definition) is 0. The lowest BCUT2D eigenvalue weighted by Gasteiger charge is -2.21. The summed E-state index contributed by atoms with van der Waals surface area (Å²) in [4.78, 5) is 0. The molecule has 1 heteroatoms. The van der Waals surface area contributed by atoms with Gasteiger partial charge in [-0.05, 0) is 17.0 Å². The summed E-state index contributed by atoms with van der Waals surface area (Å²) >= 11 is 0. The van der Waals surface area contributed by atoms with Crippen molar-refractivity contribution in [3.05, 3.63) is 101 Å². The van der Waals surface area contributed by atoms with Crippen LogP contribution in [0.5, 0.6) is 0 Å². The van der Waals surface area contributed by atoms with Crippen LogP contribution in [0, 0.1) is 0 Å². The van der Waals surface area contributed by atoms with E-state index >= 15 is 0 Å². The minimum atomic E-state index is -0.931. The van der Waals surface area contributed by atoms with Gasteiger partial charge in [-0.2, -0.15) is 0 Å². The average molecular weight is 311 g/mol. The molecular formula is C22H19Si. The highest BCUT2D eigenvalue weighted by atomic mass is 28.3. The Morgan fingerprint density at radius 2 is 1.17 bits per heavy atom. The molecular weight excluding hydrogens is 292 g/mol. The van der Waals surface area contributed by atoms with Gasteiger partial charge in [-0.3, -0.25) is 0 Å². The Morgan fingerprint density at radius 1 is 0.652 bits per heavy atom. The Kier molecular flexibility index (Phi) is 3.72. The summed E-state index contributed by atoms with van der Waals surface area (Å²) in [5, 5.41) is 4.53. The van der Waals surface area contributed by atoms with Crippen LogP contribution in [-0.4, -0.2) is 8.80 Å². The van der Waals surface area contributed by atoms with E-state index in [9.17, 15) is 0 Å². The molecule has 0 saturated heterocycles. The van der Waals surface area contributed by atoms with Gasteiger partial charge in [0.05, 0.1) is 0 Å². The predicted octanol–water partition coefficient (Wildman–Crippen LogP) is 4.04. The molecule has 1 unspecified atom stereocenters. The Labute approximate surface area is 139 Å². The molecule has 3 aromatic carbocycles. The third-order valence-corrected chi connectivity index (χ3v) is 7.63. The van der Waals surface area contributed by atoms with Crippen molar-refractivity contribution in [3.8, 4) is 0 Å². The van der Waals surface area contributed by atoms with E-state index in [1.165, 1.54) is 21.5 Å². The molecule has 0 amide bonds. The highest BCUT2D eigenvalue weighted by Crippen LogP contribution is 2.36. The third kappa shape index (κ3) is 2.58. The van der Waals surface area contributed by atoms with Crippen LogP contribution in [0.3, 0.4) is 0 Å². The minimum Gasteiger partial charge on any atom is -0.0649 e. The summed E-state index contributed by atoms with van der Waals surface area (Å²) in [6.45, 7) is 2.36. The Hall–Kier alpha value is -2.38. The molecule has 3 aromatic rings. The molecule has 1 aliphatic carbocycles. The summed E-state index contributed by atoms with van der Waals surface area (Å²) in [5.74, 6) is 0.500. The molecule has 0 N–H and O–H groups in total. The highest BCUT2D eigenvalue weighted by Gasteiger charge is 2.30. The van der Waals surface area contributed by atoms with Crippen molar-refractivity contribution in [2.75, 3.05) is 0 Å². The summed E-state index contributed by atoms with van der Waals surface area (Å²) in [6.07, 6.45) is 2.44. The molecule has 0 fully saturated rings. The molecule has 1 aliphatic rings. The van der Waals surface area contributed by atoms with Gasteiger partial charge in [0, 0.05) is 0 Å². The Balaban J connectivity index is 1.85. The van der Waals surface area contributed by atoms with Gasteiger partial charge in [-0.25, -0.2) is 0 Å². The fourth-order valence-electron chi connectivity index (χ4n) is 3.50. The first-order chi connectivity index (χ1) is 11.3. The van der Waals surface area contributed by atoms with Gasteiger partial charge in [-0.1, -0.05) is 113 Å². The standard InChI is InChI=1S/C22H19Si/c1-17-21-15-9-8-10-18(21)16-22(17)23(19-11-4-2-5-12-19)20-13-6-3-7-14-20/h2-17H,1H3. The van der Waals surface area contributed by atoms with Gasteiger partial charge in [0.1, 0.15) is 0 Å². The van der Waals surface area contributed by atoms with E-state index in [0.29, 0.717) is 5.92 Å². The van der Waals surface area contributed by atoms with Crippen LogP contribution in [0.15, 0.2) is 90.1 Å². The summed E-state index contributed by atoms with van der Waals surface area (Å²) < 4.78 is 0. The lowest BCUT2D eigenvalue weighted by atomic mass is 10.0. The monoisotopic (exact) mass is 311 g/mol. The minimum absolute atomic E-state index is 0.500. The van der Waals surface area contributed by atoms with Crippen molar-refractivity contribution in [1.82, 2.24) is 0 Å². The molecule has 0 bridgehead atoms. The molecule has 111 valence electrons. The lowest BCUT2D eigenvalue weighted by Crippen LogP contribution is -2.44. The SMILES string of the molecule is CC1C([Si](c2ccccc2)c2ccccc2)=Cc2ccccc21. The number of fused-ring (bicyclic) bond motifs is 1. The molecule has 0 saturated carbocycles. The van der Waals surface area contributed by atoms with Gasteiger partial charge in [0.15, 0.2) is 8.80 Å². The van der Waals surface area contributed by atoms with E-state index in [1.54, 1.807) is 5.20 Å². The van der Waals surface area contributed by atoms with Crippen LogP contribution in [-0.2, 0) is 0 Å². The first-order valence-electron chi connectivity index (χ1n) is 8.13. The predicted molar refractivity (Wildman–Crippen MR) is 101 cm³/mol. The molecule has 0 aromatic heterocycles. The second-order valence-corrected chi connectivity index (χ2v) is 8.54. The van der Waals surface area contributed by atoms with E-state index in [2.05, 4.69) is 97.9 Å². The fourth-order valence-corrected chi connectivity index (χ4v) is 6.43. The molecule has 4 rings (SSSR count). The van der Waals surface area contributed by atoms with Crippen LogP contribution in [0.1, 0.15) is 24.0 Å². The van der Waals surface area contributed by atoms with Crippen molar-refractivity contribution in [1.29, 1.82) is 0 Å². The van der Waals surface area contributed by atoms with Crippen LogP contribution in [0.2, 0.25) is 0 Å². The maximum Gasteiger partial charge on any atom is 0.151 e. The van der Waals surface area contributed by atoms with Crippen LogP contribution in [0.25, 0.3) is 6.08 Å². The largest absolute Gasteiger partial charge is 0.151 e. The van der Waals surface area contributed by atoms with Crippen molar-refractivity contribution < 1.29 is 0 Å². The third-order valence-electron chi connectivity index (χ3n) is 4.65. The van der Waals surface area contributed by atoms with Gasteiger partial charge >= 0.3 is 0 Å². The zero-order valence-electron chi connectivity index (χ0n) is 13.2. The topological polar surface area (TPSA) is 0 Å². The maximum atomic E-state index is 2.44.